The molecule has 0 aliphatic carbocycles. The Balaban J connectivity index is 1.68. The molecule has 2 aromatic carbocycles. The molecule has 8 nitrogen and oxygen atoms in total. The Kier molecular flexibility index (Phi) is 6.57. The van der Waals surface area contributed by atoms with E-state index in [4.69, 9.17) is 0 Å². The second-order valence-electron chi connectivity index (χ2n) is 7.05. The van der Waals surface area contributed by atoms with Crippen molar-refractivity contribution >= 4 is 27.4 Å². The van der Waals surface area contributed by atoms with Gasteiger partial charge in [-0.25, -0.2) is 18.4 Å². The monoisotopic (exact) mass is 438 g/mol. The van der Waals surface area contributed by atoms with Crippen molar-refractivity contribution in [1.29, 1.82) is 0 Å². The lowest BCUT2D eigenvalue weighted by molar-refractivity contribution is 0.101. The number of benzene rings is 2. The van der Waals surface area contributed by atoms with Crippen LogP contribution < -0.4 is 5.32 Å². The molecule has 0 unspecified atom stereocenters. The number of amides is 1. The van der Waals surface area contributed by atoms with Crippen LogP contribution in [-0.2, 0) is 16.6 Å². The molecule has 0 radical (unpaired) electrons. The van der Waals surface area contributed by atoms with Crippen molar-refractivity contribution in [1.82, 2.24) is 14.3 Å². The minimum Gasteiger partial charge on any atom is -0.322 e. The number of sulfonamides is 1. The fourth-order valence-electron chi connectivity index (χ4n) is 2.75. The van der Waals surface area contributed by atoms with Gasteiger partial charge in [-0.05, 0) is 38.1 Å². The molecule has 0 spiro atoms. The quantitative estimate of drug-likeness (QED) is 0.568. The second-order valence-corrected chi connectivity index (χ2v) is 9.10. The van der Waals surface area contributed by atoms with Gasteiger partial charge in [0.1, 0.15) is 5.82 Å². The molecule has 1 amide bonds. The van der Waals surface area contributed by atoms with Crippen molar-refractivity contribution in [3.8, 4) is 0 Å². The molecule has 0 aliphatic heterocycles. The maximum atomic E-state index is 12.7. The number of nitrogens with zero attached hydrogens (tertiary/aromatic N) is 3. The highest BCUT2D eigenvalue weighted by Crippen LogP contribution is 2.17. The molecule has 1 aromatic heterocycles. The fourth-order valence-corrected chi connectivity index (χ4v) is 3.87. The predicted octanol–water partition coefficient (Wildman–Crippen LogP) is 3.06. The Morgan fingerprint density at radius 2 is 1.65 bits per heavy atom. The van der Waals surface area contributed by atoms with Crippen molar-refractivity contribution in [2.24, 2.45) is 0 Å². The van der Waals surface area contributed by atoms with Gasteiger partial charge in [0.2, 0.25) is 10.0 Å². The normalized spacial score (nSPS) is 11.4. The number of hydrogen-bond acceptors (Lipinski definition) is 6. The van der Waals surface area contributed by atoms with Gasteiger partial charge in [0.05, 0.1) is 17.0 Å². The number of nitrogens with one attached hydrogen (secondary N) is 1. The van der Waals surface area contributed by atoms with Gasteiger partial charge in [0.15, 0.2) is 5.78 Å². The van der Waals surface area contributed by atoms with Crippen LogP contribution in [0, 0.1) is 6.92 Å². The first kappa shape index (κ1) is 22.3. The maximum Gasteiger partial charge on any atom is 0.258 e. The second kappa shape index (κ2) is 9.15. The number of aromatic nitrogens is 2. The largest absolute Gasteiger partial charge is 0.322 e. The fraction of sp³-hybridized carbons (Fsp3) is 0.182. The van der Waals surface area contributed by atoms with Gasteiger partial charge in [-0.3, -0.25) is 9.59 Å². The summed E-state index contributed by atoms with van der Waals surface area (Å²) in [6, 6.07) is 13.2. The molecule has 1 N–H and O–H groups in total. The molecule has 0 aliphatic rings. The summed E-state index contributed by atoms with van der Waals surface area (Å²) in [7, 11) is -2.24. The van der Waals surface area contributed by atoms with Crippen molar-refractivity contribution in [3.63, 3.8) is 0 Å². The Hall–Kier alpha value is -3.43. The van der Waals surface area contributed by atoms with Gasteiger partial charge in [-0.15, -0.1) is 0 Å². The summed E-state index contributed by atoms with van der Waals surface area (Å²) >= 11 is 0. The van der Waals surface area contributed by atoms with Crippen LogP contribution in [0.3, 0.4) is 0 Å². The summed E-state index contributed by atoms with van der Waals surface area (Å²) in [4.78, 5) is 32.3. The standard InChI is InChI=1S/C22H22N4O4S/c1-15-7-9-20(10-8-15)31(29,30)26(3)14-21-23-12-18(13-24-21)22(28)25-19-6-4-5-17(11-19)16(2)27/h4-13H,14H2,1-3H3,(H,25,28). The molecule has 0 atom stereocenters. The first-order chi connectivity index (χ1) is 14.7. The predicted molar refractivity (Wildman–Crippen MR) is 116 cm³/mol. The summed E-state index contributed by atoms with van der Waals surface area (Å²) in [6.45, 7) is 3.29. The number of carbonyl (C=O) groups is 2. The van der Waals surface area contributed by atoms with E-state index in [-0.39, 0.29) is 28.6 Å². The molecular formula is C22H22N4O4S. The average molecular weight is 439 g/mol. The van der Waals surface area contributed by atoms with Crippen molar-refractivity contribution in [3.05, 3.63) is 83.4 Å². The van der Waals surface area contributed by atoms with Crippen molar-refractivity contribution < 1.29 is 18.0 Å². The van der Waals surface area contributed by atoms with E-state index in [1.54, 1.807) is 48.5 Å². The van der Waals surface area contributed by atoms with Crippen LogP contribution in [0.25, 0.3) is 0 Å². The van der Waals surface area contributed by atoms with Gasteiger partial charge in [-0.1, -0.05) is 29.8 Å². The van der Waals surface area contributed by atoms with E-state index in [1.807, 2.05) is 6.92 Å². The topological polar surface area (TPSA) is 109 Å². The maximum absolute atomic E-state index is 12.7. The molecule has 31 heavy (non-hydrogen) atoms. The molecule has 160 valence electrons. The van der Waals surface area contributed by atoms with E-state index in [9.17, 15) is 18.0 Å². The Labute approximate surface area is 181 Å². The van der Waals surface area contributed by atoms with E-state index < -0.39 is 15.9 Å². The highest BCUT2D eigenvalue weighted by Gasteiger charge is 2.21. The van der Waals surface area contributed by atoms with Crippen molar-refractivity contribution in [2.75, 3.05) is 12.4 Å². The van der Waals surface area contributed by atoms with Gasteiger partial charge >= 0.3 is 0 Å². The molecule has 3 aromatic rings. The summed E-state index contributed by atoms with van der Waals surface area (Å²) in [6.07, 6.45) is 2.66. The minimum absolute atomic E-state index is 0.0429. The number of Topliss-reactive ketones (excluding diaryl/α,β-unsaturated/α-hetero) is 1. The summed E-state index contributed by atoms with van der Waals surface area (Å²) in [5.74, 6) is -0.283. The minimum atomic E-state index is -3.69. The first-order valence-electron chi connectivity index (χ1n) is 9.43. The average Bonchev–Trinajstić information content (AvgIpc) is 2.74. The number of carbonyl (C=O) groups excluding carboxylic acids is 2. The van der Waals surface area contributed by atoms with E-state index >= 15 is 0 Å². The third-order valence-corrected chi connectivity index (χ3v) is 6.41. The SMILES string of the molecule is CC(=O)c1cccc(NC(=O)c2cnc(CN(C)S(=O)(=O)c3ccc(C)cc3)nc2)c1. The number of anilines is 1. The molecule has 0 fully saturated rings. The van der Waals surface area contributed by atoms with Gasteiger partial charge in [-0.2, -0.15) is 4.31 Å². The van der Waals surface area contributed by atoms with Gasteiger partial charge in [0.25, 0.3) is 5.91 Å². The molecule has 9 heteroatoms. The Bertz CT molecular complexity index is 1210. The highest BCUT2D eigenvalue weighted by molar-refractivity contribution is 7.89. The molecule has 0 saturated carbocycles. The smallest absolute Gasteiger partial charge is 0.258 e. The first-order valence-corrected chi connectivity index (χ1v) is 10.9. The molecule has 0 bridgehead atoms. The van der Waals surface area contributed by atoms with E-state index in [2.05, 4.69) is 15.3 Å². The number of ketones is 1. The summed E-state index contributed by atoms with van der Waals surface area (Å²) in [5, 5.41) is 2.69. The van der Waals surface area contributed by atoms with Crippen LogP contribution in [0.2, 0.25) is 0 Å². The zero-order valence-electron chi connectivity index (χ0n) is 17.4. The lowest BCUT2D eigenvalue weighted by atomic mass is 10.1. The molecule has 3 rings (SSSR count). The van der Waals surface area contributed by atoms with Gasteiger partial charge in [0, 0.05) is 30.7 Å². The Morgan fingerprint density at radius 1 is 1.00 bits per heavy atom. The lowest BCUT2D eigenvalue weighted by Gasteiger charge is -2.16. The number of rotatable bonds is 7. The number of hydrogen-bond donors (Lipinski definition) is 1. The third-order valence-electron chi connectivity index (χ3n) is 4.59. The van der Waals surface area contributed by atoms with E-state index in [0.29, 0.717) is 11.3 Å². The van der Waals surface area contributed by atoms with Crippen LogP contribution in [0.1, 0.15) is 39.0 Å². The Morgan fingerprint density at radius 3 is 2.26 bits per heavy atom. The zero-order chi connectivity index (χ0) is 22.6. The third kappa shape index (κ3) is 5.39. The van der Waals surface area contributed by atoms with Crippen LogP contribution >= 0.6 is 0 Å². The summed E-state index contributed by atoms with van der Waals surface area (Å²) < 4.78 is 26.5. The summed E-state index contributed by atoms with van der Waals surface area (Å²) in [5.41, 5.74) is 2.14. The highest BCUT2D eigenvalue weighted by atomic mass is 32.2. The molecule has 0 saturated heterocycles. The zero-order valence-corrected chi connectivity index (χ0v) is 18.2. The van der Waals surface area contributed by atoms with Gasteiger partial charge < -0.3 is 5.32 Å². The van der Waals surface area contributed by atoms with Crippen LogP contribution in [0.15, 0.2) is 65.8 Å². The van der Waals surface area contributed by atoms with Crippen LogP contribution in [0.5, 0.6) is 0 Å². The van der Waals surface area contributed by atoms with E-state index in [0.717, 1.165) is 9.87 Å². The van der Waals surface area contributed by atoms with E-state index in [1.165, 1.54) is 26.4 Å². The van der Waals surface area contributed by atoms with Crippen LogP contribution in [-0.4, -0.2) is 41.4 Å². The van der Waals surface area contributed by atoms with Crippen molar-refractivity contribution in [2.45, 2.75) is 25.3 Å². The van der Waals surface area contributed by atoms with Crippen LogP contribution in [0.4, 0.5) is 5.69 Å². The number of aryl methyl sites for hydroxylation is 1. The lowest BCUT2D eigenvalue weighted by Crippen LogP contribution is -2.27. The molecular weight excluding hydrogens is 416 g/mol. The molecule has 1 heterocycles.